The zero-order valence-corrected chi connectivity index (χ0v) is 14.0. The van der Waals surface area contributed by atoms with Gasteiger partial charge >= 0.3 is 0 Å². The summed E-state index contributed by atoms with van der Waals surface area (Å²) < 4.78 is 0. The number of rotatable bonds is 4. The third kappa shape index (κ3) is 3.32. The van der Waals surface area contributed by atoms with Crippen molar-refractivity contribution in [3.63, 3.8) is 0 Å². The van der Waals surface area contributed by atoms with Crippen LogP contribution in [0.1, 0.15) is 86.3 Å². The molecule has 0 saturated carbocycles. The molecule has 0 amide bonds. The van der Waals surface area contributed by atoms with Crippen LogP contribution in [0.25, 0.3) is 0 Å². The van der Waals surface area contributed by atoms with Gasteiger partial charge in [-0.05, 0) is 46.0 Å². The number of benzene rings is 1. The summed E-state index contributed by atoms with van der Waals surface area (Å²) in [6.45, 7) is 12.4. The van der Waals surface area contributed by atoms with Crippen molar-refractivity contribution >= 4 is 28.4 Å². The van der Waals surface area contributed by atoms with E-state index in [2.05, 4.69) is 27.7 Å². The smallest absolute Gasteiger partial charge is 0.253 e. The van der Waals surface area contributed by atoms with E-state index in [1.807, 2.05) is 19.9 Å². The first-order chi connectivity index (χ1) is 8.68. The van der Waals surface area contributed by atoms with Crippen molar-refractivity contribution in [3.05, 3.63) is 33.3 Å². The highest BCUT2D eigenvalue weighted by Gasteiger charge is 2.24. The molecule has 0 aliphatic carbocycles. The molecule has 0 N–H and O–H groups in total. The van der Waals surface area contributed by atoms with Gasteiger partial charge in [0.1, 0.15) is 0 Å². The second-order valence-electron chi connectivity index (χ2n) is 5.90. The standard InChI is InChI=1S/C16H22Cl2O/c1-8(2)11-7-12(9(3)4)15(17)13(10(5)6)14(11)16(18)19/h7-10H,1-6H3. The summed E-state index contributed by atoms with van der Waals surface area (Å²) in [6, 6.07) is 2.04. The molecule has 19 heavy (non-hydrogen) atoms. The highest BCUT2D eigenvalue weighted by molar-refractivity contribution is 6.68. The summed E-state index contributed by atoms with van der Waals surface area (Å²) in [5, 5.41) is 0.281. The minimum atomic E-state index is -0.412. The van der Waals surface area contributed by atoms with Crippen LogP contribution in [0.15, 0.2) is 6.07 Å². The van der Waals surface area contributed by atoms with Crippen molar-refractivity contribution in [2.75, 3.05) is 0 Å². The zero-order valence-electron chi connectivity index (χ0n) is 12.5. The van der Waals surface area contributed by atoms with Gasteiger partial charge in [0.25, 0.3) is 5.24 Å². The fourth-order valence-electron chi connectivity index (χ4n) is 2.36. The van der Waals surface area contributed by atoms with Crippen molar-refractivity contribution in [1.82, 2.24) is 0 Å². The molecule has 1 nitrogen and oxygen atoms in total. The molecule has 0 atom stereocenters. The molecular weight excluding hydrogens is 279 g/mol. The summed E-state index contributed by atoms with van der Waals surface area (Å²) in [6.07, 6.45) is 0. The van der Waals surface area contributed by atoms with E-state index in [0.717, 1.165) is 16.7 Å². The number of carbonyl (C=O) groups is 1. The molecule has 1 rings (SSSR count). The Morgan fingerprint density at radius 1 is 0.947 bits per heavy atom. The van der Waals surface area contributed by atoms with Gasteiger partial charge in [-0.3, -0.25) is 4.79 Å². The van der Waals surface area contributed by atoms with E-state index in [1.54, 1.807) is 0 Å². The lowest BCUT2D eigenvalue weighted by atomic mass is 9.85. The number of hydrogen-bond acceptors (Lipinski definition) is 1. The van der Waals surface area contributed by atoms with Gasteiger partial charge in [0.15, 0.2) is 0 Å². The second kappa shape index (κ2) is 6.28. The third-order valence-corrected chi connectivity index (χ3v) is 3.99. The molecule has 0 aromatic heterocycles. The van der Waals surface area contributed by atoms with Crippen molar-refractivity contribution < 1.29 is 4.79 Å². The van der Waals surface area contributed by atoms with E-state index in [9.17, 15) is 4.79 Å². The molecule has 0 heterocycles. The van der Waals surface area contributed by atoms with Crippen molar-refractivity contribution in [2.24, 2.45) is 0 Å². The maximum Gasteiger partial charge on any atom is 0.253 e. The first-order valence-corrected chi connectivity index (χ1v) is 7.50. The van der Waals surface area contributed by atoms with Gasteiger partial charge < -0.3 is 0 Å². The second-order valence-corrected chi connectivity index (χ2v) is 6.62. The normalized spacial score (nSPS) is 11.7. The Morgan fingerprint density at radius 3 is 1.74 bits per heavy atom. The van der Waals surface area contributed by atoms with Crippen LogP contribution < -0.4 is 0 Å². The number of hydrogen-bond donors (Lipinski definition) is 0. The first-order valence-electron chi connectivity index (χ1n) is 6.74. The number of carbonyl (C=O) groups excluding carboxylic acids is 1. The average Bonchev–Trinajstić information content (AvgIpc) is 2.26. The predicted octanol–water partition coefficient (Wildman–Crippen LogP) is 6.09. The predicted molar refractivity (Wildman–Crippen MR) is 83.9 cm³/mol. The molecule has 0 spiro atoms. The Bertz CT molecular complexity index is 488. The lowest BCUT2D eigenvalue weighted by Crippen LogP contribution is -2.10. The minimum absolute atomic E-state index is 0.168. The molecule has 1 aromatic rings. The molecular formula is C16H22Cl2O. The highest BCUT2D eigenvalue weighted by atomic mass is 35.5. The van der Waals surface area contributed by atoms with Gasteiger partial charge in [0, 0.05) is 10.6 Å². The highest BCUT2D eigenvalue weighted by Crippen LogP contribution is 2.39. The van der Waals surface area contributed by atoms with Crippen LogP contribution in [0.2, 0.25) is 5.02 Å². The fourth-order valence-corrected chi connectivity index (χ4v) is 3.16. The third-order valence-electron chi connectivity index (χ3n) is 3.38. The molecule has 3 heteroatoms. The van der Waals surface area contributed by atoms with Crippen LogP contribution >= 0.6 is 23.2 Å². The lowest BCUT2D eigenvalue weighted by Gasteiger charge is -2.23. The first kappa shape index (κ1) is 16.5. The molecule has 1 aromatic carbocycles. The van der Waals surface area contributed by atoms with E-state index in [4.69, 9.17) is 23.2 Å². The average molecular weight is 301 g/mol. The molecule has 0 fully saturated rings. The molecule has 0 aliphatic heterocycles. The molecule has 0 bridgehead atoms. The Labute approximate surface area is 126 Å². The van der Waals surface area contributed by atoms with Gasteiger partial charge in [-0.15, -0.1) is 0 Å². The number of halogens is 2. The summed E-state index contributed by atoms with van der Waals surface area (Å²) >= 11 is 12.3. The lowest BCUT2D eigenvalue weighted by molar-refractivity contribution is 0.107. The van der Waals surface area contributed by atoms with Gasteiger partial charge in [0.05, 0.1) is 0 Å². The maximum atomic E-state index is 11.8. The van der Waals surface area contributed by atoms with Crippen LogP contribution in [-0.4, -0.2) is 5.24 Å². The van der Waals surface area contributed by atoms with E-state index >= 15 is 0 Å². The van der Waals surface area contributed by atoms with Crippen LogP contribution in [0, 0.1) is 0 Å². The van der Waals surface area contributed by atoms with Crippen molar-refractivity contribution in [1.29, 1.82) is 0 Å². The van der Waals surface area contributed by atoms with Crippen molar-refractivity contribution in [2.45, 2.75) is 59.3 Å². The Hall–Kier alpha value is -0.530. The van der Waals surface area contributed by atoms with Crippen LogP contribution in [0.3, 0.4) is 0 Å². The Kier molecular flexibility index (Phi) is 5.46. The van der Waals surface area contributed by atoms with Gasteiger partial charge in [-0.1, -0.05) is 59.2 Å². The van der Waals surface area contributed by atoms with E-state index in [1.165, 1.54) is 0 Å². The molecule has 106 valence electrons. The van der Waals surface area contributed by atoms with E-state index in [0.29, 0.717) is 16.5 Å². The molecule has 0 saturated heterocycles. The van der Waals surface area contributed by atoms with Gasteiger partial charge in [-0.25, -0.2) is 0 Å². The summed E-state index contributed by atoms with van der Waals surface area (Å²) in [4.78, 5) is 11.8. The summed E-state index contributed by atoms with van der Waals surface area (Å²) in [5.41, 5.74) is 3.57. The van der Waals surface area contributed by atoms with Crippen LogP contribution in [-0.2, 0) is 0 Å². The van der Waals surface area contributed by atoms with Gasteiger partial charge in [-0.2, -0.15) is 0 Å². The fraction of sp³-hybridized carbons (Fsp3) is 0.562. The molecule has 0 unspecified atom stereocenters. The Balaban J connectivity index is 3.78. The monoisotopic (exact) mass is 300 g/mol. The minimum Gasteiger partial charge on any atom is -0.276 e. The van der Waals surface area contributed by atoms with E-state index in [-0.39, 0.29) is 11.8 Å². The molecule has 0 aliphatic rings. The van der Waals surface area contributed by atoms with E-state index < -0.39 is 5.24 Å². The van der Waals surface area contributed by atoms with Gasteiger partial charge in [0.2, 0.25) is 0 Å². The molecule has 0 radical (unpaired) electrons. The summed E-state index contributed by atoms with van der Waals surface area (Å²) in [7, 11) is 0. The van der Waals surface area contributed by atoms with Crippen LogP contribution in [0.5, 0.6) is 0 Å². The zero-order chi connectivity index (χ0) is 14.9. The largest absolute Gasteiger partial charge is 0.276 e. The maximum absolute atomic E-state index is 11.8. The topological polar surface area (TPSA) is 17.1 Å². The Morgan fingerprint density at radius 2 is 1.42 bits per heavy atom. The SMILES string of the molecule is CC(C)c1cc(C(C)C)c(C(=O)Cl)c(C(C)C)c1Cl. The summed E-state index contributed by atoms with van der Waals surface area (Å²) in [5.74, 6) is 0.730. The quantitative estimate of drug-likeness (QED) is 0.615. The van der Waals surface area contributed by atoms with Crippen LogP contribution in [0.4, 0.5) is 0 Å². The van der Waals surface area contributed by atoms with Crippen molar-refractivity contribution in [3.8, 4) is 0 Å².